The maximum Gasteiger partial charge on any atom is 0.251 e. The van der Waals surface area contributed by atoms with Gasteiger partial charge < -0.3 is 15.0 Å². The van der Waals surface area contributed by atoms with Crippen molar-refractivity contribution in [1.82, 2.24) is 15.1 Å². The standard InChI is InChI=1S/C22H35N3O2/c1-3-24(4-2)15-14-23-22(26)21-20(18-10-6-5-7-11-18)25(16-17-27-21)19-12-8-9-13-19/h5-7,10-11,19-21H,3-4,8-9,12-17H2,1-2H3,(H,23,26)/t20-,21+/m0/s1. The molecule has 5 heteroatoms. The van der Waals surface area contributed by atoms with Crippen LogP contribution in [-0.4, -0.2) is 67.2 Å². The molecule has 27 heavy (non-hydrogen) atoms. The number of nitrogens with one attached hydrogen (secondary N) is 1. The van der Waals surface area contributed by atoms with Crippen LogP contribution in [0.1, 0.15) is 51.1 Å². The van der Waals surface area contributed by atoms with Gasteiger partial charge in [-0.2, -0.15) is 0 Å². The Morgan fingerprint density at radius 2 is 1.89 bits per heavy atom. The number of carbonyl (C=O) groups excluding carboxylic acids is 1. The van der Waals surface area contributed by atoms with Gasteiger partial charge in [-0.15, -0.1) is 0 Å². The molecule has 0 radical (unpaired) electrons. The van der Waals surface area contributed by atoms with Gasteiger partial charge in [0.15, 0.2) is 6.10 Å². The van der Waals surface area contributed by atoms with Gasteiger partial charge in [0.1, 0.15) is 0 Å². The van der Waals surface area contributed by atoms with E-state index in [-0.39, 0.29) is 11.9 Å². The molecule has 1 aromatic carbocycles. The number of rotatable bonds is 8. The summed E-state index contributed by atoms with van der Waals surface area (Å²) in [5, 5.41) is 3.13. The molecule has 150 valence electrons. The fourth-order valence-corrected chi connectivity index (χ4v) is 4.55. The summed E-state index contributed by atoms with van der Waals surface area (Å²) >= 11 is 0. The first kappa shape index (κ1) is 20.3. The maximum atomic E-state index is 13.0. The summed E-state index contributed by atoms with van der Waals surface area (Å²) in [7, 11) is 0. The lowest BCUT2D eigenvalue weighted by Crippen LogP contribution is -2.54. The lowest BCUT2D eigenvalue weighted by Gasteiger charge is -2.44. The van der Waals surface area contributed by atoms with Crippen LogP contribution < -0.4 is 5.32 Å². The third-order valence-electron chi connectivity index (χ3n) is 6.11. The van der Waals surface area contributed by atoms with Crippen molar-refractivity contribution in [2.24, 2.45) is 0 Å². The SMILES string of the molecule is CCN(CC)CCNC(=O)[C@@H]1OCCN(C2CCCC2)[C@H]1c1ccccc1. The number of benzene rings is 1. The van der Waals surface area contributed by atoms with Gasteiger partial charge in [-0.3, -0.25) is 9.69 Å². The van der Waals surface area contributed by atoms with Gasteiger partial charge in [-0.25, -0.2) is 0 Å². The highest BCUT2D eigenvalue weighted by molar-refractivity contribution is 5.82. The molecule has 0 spiro atoms. The van der Waals surface area contributed by atoms with E-state index in [2.05, 4.69) is 53.2 Å². The van der Waals surface area contributed by atoms with Gasteiger partial charge in [0.05, 0.1) is 12.6 Å². The highest BCUT2D eigenvalue weighted by atomic mass is 16.5. The van der Waals surface area contributed by atoms with Crippen molar-refractivity contribution in [2.45, 2.75) is 57.7 Å². The van der Waals surface area contributed by atoms with Crippen molar-refractivity contribution in [3.8, 4) is 0 Å². The Bertz CT molecular complexity index is 570. The van der Waals surface area contributed by atoms with E-state index in [4.69, 9.17) is 4.74 Å². The number of hydrogen-bond donors (Lipinski definition) is 1. The summed E-state index contributed by atoms with van der Waals surface area (Å²) in [6.45, 7) is 9.42. The van der Waals surface area contributed by atoms with Crippen molar-refractivity contribution >= 4 is 5.91 Å². The van der Waals surface area contributed by atoms with Crippen molar-refractivity contribution in [2.75, 3.05) is 39.3 Å². The fourth-order valence-electron chi connectivity index (χ4n) is 4.55. The molecule has 1 aromatic rings. The van der Waals surface area contributed by atoms with E-state index in [1.165, 1.54) is 31.2 Å². The summed E-state index contributed by atoms with van der Waals surface area (Å²) in [5.74, 6) is 0.0266. The molecule has 0 unspecified atom stereocenters. The molecule has 2 atom stereocenters. The molecule has 0 bridgehead atoms. The quantitative estimate of drug-likeness (QED) is 0.761. The third-order valence-corrected chi connectivity index (χ3v) is 6.11. The maximum absolute atomic E-state index is 13.0. The van der Waals surface area contributed by atoms with Crippen molar-refractivity contribution in [1.29, 1.82) is 0 Å². The summed E-state index contributed by atoms with van der Waals surface area (Å²) < 4.78 is 6.04. The van der Waals surface area contributed by atoms with E-state index in [9.17, 15) is 4.79 Å². The Morgan fingerprint density at radius 3 is 2.56 bits per heavy atom. The average molecular weight is 374 g/mol. The lowest BCUT2D eigenvalue weighted by atomic mass is 9.95. The predicted molar refractivity (Wildman–Crippen MR) is 109 cm³/mol. The topological polar surface area (TPSA) is 44.8 Å². The summed E-state index contributed by atoms with van der Waals surface area (Å²) in [5.41, 5.74) is 1.19. The predicted octanol–water partition coefficient (Wildman–Crippen LogP) is 2.83. The van der Waals surface area contributed by atoms with Gasteiger partial charge in [0.25, 0.3) is 5.91 Å². The second kappa shape index (κ2) is 10.2. The molecular weight excluding hydrogens is 338 g/mol. The van der Waals surface area contributed by atoms with Crippen molar-refractivity contribution in [3.05, 3.63) is 35.9 Å². The number of nitrogens with zero attached hydrogens (tertiary/aromatic N) is 2. The molecule has 0 aromatic heterocycles. The highest BCUT2D eigenvalue weighted by Gasteiger charge is 2.41. The molecule has 1 aliphatic carbocycles. The monoisotopic (exact) mass is 373 g/mol. The van der Waals surface area contributed by atoms with Gasteiger partial charge in [0, 0.05) is 25.7 Å². The van der Waals surface area contributed by atoms with Crippen LogP contribution in [0, 0.1) is 0 Å². The first-order chi connectivity index (χ1) is 13.2. The second-order valence-electron chi connectivity index (χ2n) is 7.64. The minimum absolute atomic E-state index is 0.0107. The molecule has 5 nitrogen and oxygen atoms in total. The fraction of sp³-hybridized carbons (Fsp3) is 0.682. The number of amides is 1. The molecule has 1 heterocycles. The van der Waals surface area contributed by atoms with Crippen LogP contribution in [0.3, 0.4) is 0 Å². The Labute approximate surface area is 164 Å². The van der Waals surface area contributed by atoms with Crippen LogP contribution in [0.2, 0.25) is 0 Å². The molecule has 1 saturated heterocycles. The average Bonchev–Trinajstić information content (AvgIpc) is 3.26. The zero-order valence-corrected chi connectivity index (χ0v) is 16.9. The zero-order valence-electron chi connectivity index (χ0n) is 16.9. The minimum atomic E-state index is -0.432. The second-order valence-corrected chi connectivity index (χ2v) is 7.64. The number of morpholine rings is 1. The molecule has 1 amide bonds. The number of hydrogen-bond acceptors (Lipinski definition) is 4. The first-order valence-corrected chi connectivity index (χ1v) is 10.7. The van der Waals surface area contributed by atoms with Crippen molar-refractivity contribution < 1.29 is 9.53 Å². The molecule has 1 saturated carbocycles. The molecule has 1 N–H and O–H groups in total. The highest BCUT2D eigenvalue weighted by Crippen LogP contribution is 2.36. The molecular formula is C22H35N3O2. The van der Waals surface area contributed by atoms with Crippen LogP contribution in [-0.2, 0) is 9.53 Å². The van der Waals surface area contributed by atoms with E-state index in [1.807, 2.05) is 6.07 Å². The number of carbonyl (C=O) groups is 1. The summed E-state index contributed by atoms with van der Waals surface area (Å²) in [4.78, 5) is 17.9. The first-order valence-electron chi connectivity index (χ1n) is 10.7. The van der Waals surface area contributed by atoms with Crippen LogP contribution in [0.25, 0.3) is 0 Å². The Hall–Kier alpha value is -1.43. The normalized spacial score (nSPS) is 24.4. The zero-order chi connectivity index (χ0) is 19.1. The van der Waals surface area contributed by atoms with Crippen molar-refractivity contribution in [3.63, 3.8) is 0 Å². The largest absolute Gasteiger partial charge is 0.365 e. The van der Waals surface area contributed by atoms with Crippen LogP contribution in [0.15, 0.2) is 30.3 Å². The minimum Gasteiger partial charge on any atom is -0.365 e. The van der Waals surface area contributed by atoms with Gasteiger partial charge in [0.2, 0.25) is 0 Å². The lowest BCUT2D eigenvalue weighted by molar-refractivity contribution is -0.148. The van der Waals surface area contributed by atoms with Gasteiger partial charge >= 0.3 is 0 Å². The Morgan fingerprint density at radius 1 is 1.19 bits per heavy atom. The third kappa shape index (κ3) is 5.09. The number of likely N-dealkylation sites (N-methyl/N-ethyl adjacent to an activating group) is 1. The van der Waals surface area contributed by atoms with E-state index in [0.29, 0.717) is 19.2 Å². The summed E-state index contributed by atoms with van der Waals surface area (Å²) in [6.07, 6.45) is 4.63. The van der Waals surface area contributed by atoms with Crippen LogP contribution in [0.5, 0.6) is 0 Å². The number of ether oxygens (including phenoxy) is 1. The van der Waals surface area contributed by atoms with E-state index >= 15 is 0 Å². The molecule has 3 rings (SSSR count). The molecule has 1 aliphatic heterocycles. The molecule has 2 fully saturated rings. The van der Waals surface area contributed by atoms with E-state index in [0.717, 1.165) is 26.2 Å². The smallest absolute Gasteiger partial charge is 0.251 e. The Kier molecular flexibility index (Phi) is 7.68. The van der Waals surface area contributed by atoms with Gasteiger partial charge in [-0.05, 0) is 31.5 Å². The van der Waals surface area contributed by atoms with Crippen LogP contribution in [0.4, 0.5) is 0 Å². The molecule has 2 aliphatic rings. The van der Waals surface area contributed by atoms with E-state index in [1.54, 1.807) is 0 Å². The summed E-state index contributed by atoms with van der Waals surface area (Å²) in [6, 6.07) is 11.0. The van der Waals surface area contributed by atoms with Crippen LogP contribution >= 0.6 is 0 Å². The Balaban J connectivity index is 1.71. The van der Waals surface area contributed by atoms with E-state index < -0.39 is 6.10 Å². The van der Waals surface area contributed by atoms with Gasteiger partial charge in [-0.1, -0.05) is 57.0 Å².